The fourth-order valence-electron chi connectivity index (χ4n) is 3.71. The third-order valence-electron chi connectivity index (χ3n) is 5.31. The molecule has 2 aliphatic rings. The van der Waals surface area contributed by atoms with Crippen molar-refractivity contribution in [2.24, 2.45) is 5.73 Å². The van der Waals surface area contributed by atoms with E-state index in [9.17, 15) is 24.3 Å². The topological polar surface area (TPSA) is 157 Å². The number of aromatic hydroxyl groups is 1. The molecule has 0 radical (unpaired) electrons. The highest BCUT2D eigenvalue weighted by atomic mass is 32.2. The van der Waals surface area contributed by atoms with Crippen LogP contribution in [-0.2, 0) is 28.6 Å². The van der Waals surface area contributed by atoms with Crippen molar-refractivity contribution in [1.29, 1.82) is 0 Å². The second-order valence-corrected chi connectivity index (χ2v) is 9.79. The Morgan fingerprint density at radius 2 is 1.82 bits per heavy atom. The van der Waals surface area contributed by atoms with Crippen LogP contribution in [0.15, 0.2) is 24.3 Å². The monoisotopic (exact) mass is 481 g/mol. The maximum Gasteiger partial charge on any atom is 0.508 e. The van der Waals surface area contributed by atoms with Gasteiger partial charge in [-0.1, -0.05) is 12.1 Å². The highest BCUT2D eigenvalue weighted by Crippen LogP contribution is 2.51. The van der Waals surface area contributed by atoms with Crippen LogP contribution in [0.4, 0.5) is 4.79 Å². The number of nitrogens with two attached hydrogens (primary N) is 1. The van der Waals surface area contributed by atoms with Crippen molar-refractivity contribution in [3.05, 3.63) is 29.8 Å². The van der Waals surface area contributed by atoms with Gasteiger partial charge in [-0.25, -0.2) is 9.59 Å². The number of thioether (sulfide) groups is 1. The second kappa shape index (κ2) is 9.87. The van der Waals surface area contributed by atoms with Crippen LogP contribution in [0.25, 0.3) is 0 Å². The van der Waals surface area contributed by atoms with Crippen LogP contribution in [0, 0.1) is 0 Å². The summed E-state index contributed by atoms with van der Waals surface area (Å²) < 4.78 is 13.9. The molecule has 180 valence electrons. The summed E-state index contributed by atoms with van der Waals surface area (Å²) in [6.45, 7) is 5.08. The van der Waals surface area contributed by atoms with Crippen molar-refractivity contribution in [3.8, 4) is 5.75 Å². The molecular weight excluding hydrogens is 454 g/mol. The Morgan fingerprint density at radius 3 is 2.45 bits per heavy atom. The minimum Gasteiger partial charge on any atom is -0.508 e. The molecule has 33 heavy (non-hydrogen) atoms. The van der Waals surface area contributed by atoms with E-state index >= 15 is 0 Å². The van der Waals surface area contributed by atoms with E-state index < -0.39 is 52.2 Å². The number of nitrogens with one attached hydrogen (secondary N) is 1. The number of amides is 2. The van der Waals surface area contributed by atoms with E-state index in [2.05, 4.69) is 10.1 Å². The average Bonchev–Trinajstić information content (AvgIpc) is 3.02. The van der Waals surface area contributed by atoms with Crippen molar-refractivity contribution in [2.75, 3.05) is 19.8 Å². The van der Waals surface area contributed by atoms with Crippen molar-refractivity contribution in [2.45, 2.75) is 49.0 Å². The lowest BCUT2D eigenvalue weighted by Crippen LogP contribution is -2.71. The predicted molar refractivity (Wildman–Crippen MR) is 117 cm³/mol. The van der Waals surface area contributed by atoms with E-state index in [0.29, 0.717) is 5.56 Å². The summed E-state index contributed by atoms with van der Waals surface area (Å²) in [6, 6.07) is 3.19. The molecule has 11 nitrogen and oxygen atoms in total. The molecule has 0 aliphatic carbocycles. The summed E-state index contributed by atoms with van der Waals surface area (Å²) in [5.74, 6) is -1.53. The fraction of sp³-hybridized carbons (Fsp3) is 0.524. The number of hydrogen-bond acceptors (Lipinski definition) is 10. The molecule has 0 bridgehead atoms. The van der Waals surface area contributed by atoms with Gasteiger partial charge in [0, 0.05) is 4.75 Å². The van der Waals surface area contributed by atoms with Gasteiger partial charge in [0.15, 0.2) is 0 Å². The number of fused-ring (bicyclic) bond motifs is 1. The normalized spacial score (nSPS) is 23.7. The van der Waals surface area contributed by atoms with Gasteiger partial charge < -0.3 is 35.3 Å². The van der Waals surface area contributed by atoms with Gasteiger partial charge in [-0.05, 0) is 38.5 Å². The molecule has 1 aromatic carbocycles. The zero-order chi connectivity index (χ0) is 24.3. The van der Waals surface area contributed by atoms with Gasteiger partial charge in [0.2, 0.25) is 11.8 Å². The smallest absolute Gasteiger partial charge is 0.508 e. The molecule has 2 heterocycles. The molecule has 1 unspecified atom stereocenters. The molecule has 0 aromatic heterocycles. The van der Waals surface area contributed by atoms with Crippen molar-refractivity contribution in [3.63, 3.8) is 0 Å². The molecule has 2 amide bonds. The molecule has 3 rings (SSSR count). The van der Waals surface area contributed by atoms with E-state index in [0.717, 1.165) is 0 Å². The number of esters is 1. The Labute approximate surface area is 194 Å². The van der Waals surface area contributed by atoms with Crippen LogP contribution in [-0.4, -0.2) is 76.0 Å². The highest BCUT2D eigenvalue weighted by Gasteiger charge is 2.64. The summed E-state index contributed by atoms with van der Waals surface area (Å²) >= 11 is 1.38. The van der Waals surface area contributed by atoms with Crippen molar-refractivity contribution in [1.82, 2.24) is 10.2 Å². The highest BCUT2D eigenvalue weighted by molar-refractivity contribution is 8.01. The molecule has 2 fully saturated rings. The van der Waals surface area contributed by atoms with Gasteiger partial charge in [-0.15, -0.1) is 11.8 Å². The summed E-state index contributed by atoms with van der Waals surface area (Å²) in [7, 11) is 0. The number of hydrogen-bond donors (Lipinski definition) is 3. The van der Waals surface area contributed by atoms with Crippen molar-refractivity contribution >= 4 is 35.7 Å². The molecule has 12 heteroatoms. The molecular formula is C21H27N3O8S. The zero-order valence-electron chi connectivity index (χ0n) is 18.5. The largest absolute Gasteiger partial charge is 0.508 e. The number of phenols is 1. The van der Waals surface area contributed by atoms with Gasteiger partial charge in [0.25, 0.3) is 0 Å². The summed E-state index contributed by atoms with van der Waals surface area (Å²) in [6.07, 6.45) is -0.854. The number of rotatable bonds is 8. The van der Waals surface area contributed by atoms with Crippen LogP contribution in [0.1, 0.15) is 32.4 Å². The van der Waals surface area contributed by atoms with Gasteiger partial charge >= 0.3 is 12.1 Å². The number of benzene rings is 1. The zero-order valence-corrected chi connectivity index (χ0v) is 19.3. The minimum absolute atomic E-state index is 0.0474. The van der Waals surface area contributed by atoms with E-state index in [-0.39, 0.29) is 25.6 Å². The summed E-state index contributed by atoms with van der Waals surface area (Å²) in [4.78, 5) is 50.7. The Balaban J connectivity index is 1.57. The summed E-state index contributed by atoms with van der Waals surface area (Å²) in [5.41, 5.74) is 6.48. The van der Waals surface area contributed by atoms with Gasteiger partial charge in [-0.2, -0.15) is 0 Å². The van der Waals surface area contributed by atoms with Gasteiger partial charge in [0.1, 0.15) is 42.5 Å². The molecule has 0 spiro atoms. The standard InChI is InChI=1S/C21H27N3O8S/c1-4-30-20(29)32-10-9-31-19(28)15-21(2,3)33-18-14(17(27)24(15)18)23-16(26)13(22)11-5-7-12(25)8-6-11/h5-8,13-15,18,25H,4,9-10,22H2,1-3H3,(H,23,26)/t13?,14-,15+,18-/m1/s1. The lowest BCUT2D eigenvalue weighted by atomic mass is 9.95. The van der Waals surface area contributed by atoms with E-state index in [1.54, 1.807) is 6.92 Å². The first-order valence-electron chi connectivity index (χ1n) is 10.4. The fourth-order valence-corrected chi connectivity index (χ4v) is 5.33. The summed E-state index contributed by atoms with van der Waals surface area (Å²) in [5, 5.41) is 11.6. The Hall–Kier alpha value is -2.99. The maximum atomic E-state index is 12.8. The molecule has 2 saturated heterocycles. The van der Waals surface area contributed by atoms with E-state index in [1.807, 2.05) is 13.8 Å². The maximum absolute atomic E-state index is 12.8. The Bertz CT molecular complexity index is 923. The van der Waals surface area contributed by atoms with Crippen LogP contribution in [0.3, 0.4) is 0 Å². The first kappa shape index (κ1) is 24.6. The van der Waals surface area contributed by atoms with Crippen LogP contribution < -0.4 is 11.1 Å². The Morgan fingerprint density at radius 1 is 1.18 bits per heavy atom. The first-order valence-corrected chi connectivity index (χ1v) is 11.3. The third-order valence-corrected chi connectivity index (χ3v) is 6.88. The van der Waals surface area contributed by atoms with Gasteiger partial charge in [-0.3, -0.25) is 9.59 Å². The third kappa shape index (κ3) is 5.17. The number of phenolic OH excluding ortho intramolecular Hbond substituents is 1. The molecule has 4 N–H and O–H groups in total. The lowest BCUT2D eigenvalue weighted by Gasteiger charge is -2.44. The molecule has 2 aliphatic heterocycles. The van der Waals surface area contributed by atoms with Crippen LogP contribution in [0.5, 0.6) is 5.75 Å². The molecule has 1 aromatic rings. The molecule has 0 saturated carbocycles. The van der Waals surface area contributed by atoms with E-state index in [4.69, 9.17) is 15.2 Å². The predicted octanol–water partition coefficient (Wildman–Crippen LogP) is 0.655. The quantitative estimate of drug-likeness (QED) is 0.274. The second-order valence-electron chi connectivity index (χ2n) is 8.01. The van der Waals surface area contributed by atoms with E-state index in [1.165, 1.54) is 40.9 Å². The van der Waals surface area contributed by atoms with Gasteiger partial charge in [0.05, 0.1) is 6.61 Å². The number of ether oxygens (including phenoxy) is 3. The lowest BCUT2D eigenvalue weighted by molar-refractivity contribution is -0.165. The van der Waals surface area contributed by atoms with Crippen LogP contribution in [0.2, 0.25) is 0 Å². The number of nitrogens with zero attached hydrogens (tertiary/aromatic N) is 1. The molecule has 4 atom stereocenters. The SMILES string of the molecule is CCOC(=O)OCCOC(=O)[C@@H]1N2C(=O)[C@@H](NC(=O)C(N)c3ccc(O)cc3)[C@H]2SC1(C)C. The first-order chi connectivity index (χ1) is 15.6. The average molecular weight is 482 g/mol. The number of carbonyl (C=O) groups excluding carboxylic acids is 4. The van der Waals surface area contributed by atoms with Crippen LogP contribution >= 0.6 is 11.8 Å². The minimum atomic E-state index is -1.02. The number of carbonyl (C=O) groups is 4. The Kier molecular flexibility index (Phi) is 7.38. The number of β-lactam (4-membered cyclic amide) rings is 1. The van der Waals surface area contributed by atoms with Crippen molar-refractivity contribution < 1.29 is 38.5 Å².